The van der Waals surface area contributed by atoms with Crippen molar-refractivity contribution in [3.63, 3.8) is 0 Å². The van der Waals surface area contributed by atoms with Crippen molar-refractivity contribution < 1.29 is 23.7 Å². The largest absolute Gasteiger partial charge is 0.468 e. The Morgan fingerprint density at radius 1 is 0.714 bits per heavy atom. The van der Waals surface area contributed by atoms with Crippen LogP contribution in [0.4, 0.5) is 5.69 Å². The van der Waals surface area contributed by atoms with Crippen LogP contribution in [0.25, 0.3) is 10.9 Å². The zero-order valence-corrected chi connectivity index (χ0v) is 28.9. The number of benzene rings is 4. The van der Waals surface area contributed by atoms with Crippen molar-refractivity contribution in [2.75, 3.05) is 79.5 Å². The first-order valence-corrected chi connectivity index (χ1v) is 16.8. The Balaban J connectivity index is 1.48. The number of amides is 1. The van der Waals surface area contributed by atoms with Crippen LogP contribution in [0.3, 0.4) is 0 Å². The molecular weight excluding hydrogens is 616 g/mol. The Bertz CT molecular complexity index is 1750. The van der Waals surface area contributed by atoms with Gasteiger partial charge in [0.05, 0.1) is 0 Å². The topological polar surface area (TPSA) is 68.6 Å². The number of piperazine rings is 1. The zero-order valence-electron chi connectivity index (χ0n) is 28.9. The minimum absolute atomic E-state index is 0.0581. The highest BCUT2D eigenvalue weighted by atomic mass is 16.7. The number of nitrogens with zero attached hydrogens (tertiary/aromatic N) is 4. The quantitative estimate of drug-likeness (QED) is 0.129. The molecule has 1 aromatic heterocycles. The number of likely N-dealkylation sites (N-methyl/N-ethyl adjacent to an activating group) is 1. The van der Waals surface area contributed by atoms with Crippen LogP contribution in [0.15, 0.2) is 103 Å². The van der Waals surface area contributed by atoms with Crippen LogP contribution < -0.4 is 14.4 Å². The van der Waals surface area contributed by atoms with Gasteiger partial charge in [-0.05, 0) is 67.7 Å². The number of methoxy groups -OCH3 is 2. The minimum Gasteiger partial charge on any atom is -0.468 e. The van der Waals surface area contributed by atoms with E-state index in [-0.39, 0.29) is 25.4 Å². The Hall–Kier alpha value is -4.83. The summed E-state index contributed by atoms with van der Waals surface area (Å²) in [6.45, 7) is 4.65. The van der Waals surface area contributed by atoms with E-state index in [4.69, 9.17) is 18.9 Å². The first-order chi connectivity index (χ1) is 24.0. The molecule has 1 aliphatic rings. The SMILES string of the molecule is COCOc1ccc(C(c2ccc(OCOC)cc2)c2c(C(=O)N3CCN(c4ccccc4)CC3)n(CCN(C)C)c3ccccc23)cc1. The van der Waals surface area contributed by atoms with Gasteiger partial charge in [0.2, 0.25) is 0 Å². The Labute approximate surface area is 289 Å². The molecule has 9 heteroatoms. The van der Waals surface area contributed by atoms with E-state index in [0.29, 0.717) is 31.1 Å². The lowest BCUT2D eigenvalue weighted by molar-refractivity contribution is 0.0509. The number of rotatable bonds is 14. The van der Waals surface area contributed by atoms with Crippen LogP contribution in [0.1, 0.15) is 33.1 Å². The highest BCUT2D eigenvalue weighted by Gasteiger charge is 2.33. The smallest absolute Gasteiger partial charge is 0.270 e. The van der Waals surface area contributed by atoms with Gasteiger partial charge in [0, 0.05) is 81.6 Å². The monoisotopic (exact) mass is 662 g/mol. The molecule has 9 nitrogen and oxygen atoms in total. The van der Waals surface area contributed by atoms with Crippen molar-refractivity contribution in [2.45, 2.75) is 12.5 Å². The number of hydrogen-bond donors (Lipinski definition) is 0. The van der Waals surface area contributed by atoms with Gasteiger partial charge in [-0.2, -0.15) is 0 Å². The van der Waals surface area contributed by atoms with Crippen LogP contribution in [0.5, 0.6) is 11.5 Å². The maximum Gasteiger partial charge on any atom is 0.270 e. The summed E-state index contributed by atoms with van der Waals surface area (Å²) in [5.74, 6) is 1.24. The number of hydrogen-bond acceptors (Lipinski definition) is 7. The van der Waals surface area contributed by atoms with Crippen molar-refractivity contribution >= 4 is 22.5 Å². The molecule has 1 saturated heterocycles. The number of carbonyl (C=O) groups excluding carboxylic acids is 1. The highest BCUT2D eigenvalue weighted by molar-refractivity contribution is 6.03. The van der Waals surface area contributed by atoms with Crippen molar-refractivity contribution in [3.8, 4) is 11.5 Å². The molecule has 0 aliphatic carbocycles. The third-order valence-corrected chi connectivity index (χ3v) is 9.07. The first-order valence-electron chi connectivity index (χ1n) is 16.8. The molecule has 0 spiro atoms. The molecular formula is C40H46N4O5. The van der Waals surface area contributed by atoms with E-state index >= 15 is 4.79 Å². The molecule has 49 heavy (non-hydrogen) atoms. The molecule has 0 radical (unpaired) electrons. The molecule has 2 heterocycles. The van der Waals surface area contributed by atoms with Gasteiger partial charge >= 0.3 is 0 Å². The minimum atomic E-state index is -0.247. The van der Waals surface area contributed by atoms with Crippen LogP contribution in [0, 0.1) is 0 Å². The second kappa shape index (κ2) is 16.0. The predicted molar refractivity (Wildman–Crippen MR) is 194 cm³/mol. The maximum absolute atomic E-state index is 15.0. The van der Waals surface area contributed by atoms with Gasteiger partial charge in [-0.3, -0.25) is 4.79 Å². The van der Waals surface area contributed by atoms with Crippen molar-refractivity contribution in [1.29, 1.82) is 0 Å². The summed E-state index contributed by atoms with van der Waals surface area (Å²) < 4.78 is 24.0. The molecule has 0 bridgehead atoms. The van der Waals surface area contributed by atoms with Gasteiger partial charge in [0.15, 0.2) is 13.6 Å². The van der Waals surface area contributed by atoms with E-state index in [2.05, 4.69) is 101 Å². The van der Waals surface area contributed by atoms with Crippen LogP contribution in [-0.4, -0.2) is 94.9 Å². The lowest BCUT2D eigenvalue weighted by Crippen LogP contribution is -2.49. The molecule has 0 N–H and O–H groups in total. The van der Waals surface area contributed by atoms with Crippen LogP contribution in [0.2, 0.25) is 0 Å². The number of carbonyl (C=O) groups is 1. The molecule has 1 amide bonds. The van der Waals surface area contributed by atoms with Gasteiger partial charge in [-0.1, -0.05) is 60.7 Å². The van der Waals surface area contributed by atoms with E-state index in [9.17, 15) is 0 Å². The fraction of sp³-hybridized carbons (Fsp3) is 0.325. The molecule has 0 unspecified atom stereocenters. The number of ether oxygens (including phenoxy) is 4. The zero-order chi connectivity index (χ0) is 34.2. The molecule has 5 aromatic rings. The van der Waals surface area contributed by atoms with Gasteiger partial charge in [0.25, 0.3) is 5.91 Å². The van der Waals surface area contributed by atoms with Crippen LogP contribution >= 0.6 is 0 Å². The summed E-state index contributed by atoms with van der Waals surface area (Å²) in [4.78, 5) is 21.6. The summed E-state index contributed by atoms with van der Waals surface area (Å²) in [5.41, 5.74) is 6.08. The summed E-state index contributed by atoms with van der Waals surface area (Å²) in [6.07, 6.45) is 0. The van der Waals surface area contributed by atoms with Gasteiger partial charge in [-0.15, -0.1) is 0 Å². The highest BCUT2D eigenvalue weighted by Crippen LogP contribution is 2.41. The third kappa shape index (κ3) is 7.75. The fourth-order valence-electron chi connectivity index (χ4n) is 6.63. The number of anilines is 1. The molecule has 4 aromatic carbocycles. The second-order valence-electron chi connectivity index (χ2n) is 12.5. The average Bonchev–Trinajstić information content (AvgIpc) is 3.47. The van der Waals surface area contributed by atoms with Gasteiger partial charge in [-0.25, -0.2) is 0 Å². The normalized spacial score (nSPS) is 13.4. The third-order valence-electron chi connectivity index (χ3n) is 9.07. The van der Waals surface area contributed by atoms with Gasteiger partial charge < -0.3 is 38.2 Å². The molecule has 0 atom stereocenters. The molecule has 256 valence electrons. The molecule has 1 fully saturated rings. The number of fused-ring (bicyclic) bond motifs is 1. The maximum atomic E-state index is 15.0. The molecule has 6 rings (SSSR count). The van der Waals surface area contributed by atoms with E-state index < -0.39 is 0 Å². The average molecular weight is 663 g/mol. The van der Waals surface area contributed by atoms with Crippen LogP contribution in [-0.2, 0) is 16.0 Å². The van der Waals surface area contributed by atoms with Crippen molar-refractivity contribution in [3.05, 3.63) is 126 Å². The molecule has 0 saturated carbocycles. The van der Waals surface area contributed by atoms with E-state index in [1.807, 2.05) is 35.2 Å². The Kier molecular flexibility index (Phi) is 11.1. The Morgan fingerprint density at radius 3 is 1.82 bits per heavy atom. The number of aromatic nitrogens is 1. The van der Waals surface area contributed by atoms with Crippen molar-refractivity contribution in [1.82, 2.24) is 14.4 Å². The first kappa shape index (κ1) is 34.0. The lowest BCUT2D eigenvalue weighted by atomic mass is 9.83. The fourth-order valence-corrected chi connectivity index (χ4v) is 6.63. The summed E-state index contributed by atoms with van der Waals surface area (Å²) in [5, 5.41) is 1.07. The Morgan fingerprint density at radius 2 is 1.27 bits per heavy atom. The van der Waals surface area contributed by atoms with E-state index in [1.165, 1.54) is 5.69 Å². The lowest BCUT2D eigenvalue weighted by Gasteiger charge is -2.36. The summed E-state index contributed by atoms with van der Waals surface area (Å²) >= 11 is 0. The molecule has 1 aliphatic heterocycles. The summed E-state index contributed by atoms with van der Waals surface area (Å²) in [7, 11) is 7.35. The van der Waals surface area contributed by atoms with E-state index in [0.717, 1.165) is 52.9 Å². The number of para-hydroxylation sites is 2. The standard InChI is InChI=1S/C40H46N4O5/c1-41(2)22-27-44-36-13-9-8-12-35(36)38(39(44)40(45)43-25-23-42(24-26-43)32-10-6-5-7-11-32)37(30-14-18-33(19-15-30)48-28-46-3)31-16-20-34(21-17-31)49-29-47-4/h5-21,37H,22-29H2,1-4H3. The van der Waals surface area contributed by atoms with E-state index in [1.54, 1.807) is 14.2 Å². The van der Waals surface area contributed by atoms with Crippen molar-refractivity contribution in [2.24, 2.45) is 0 Å². The second-order valence-corrected chi connectivity index (χ2v) is 12.5. The van der Waals surface area contributed by atoms with Gasteiger partial charge in [0.1, 0.15) is 17.2 Å². The predicted octanol–water partition coefficient (Wildman–Crippen LogP) is 6.31. The summed E-state index contributed by atoms with van der Waals surface area (Å²) in [6, 6.07) is 35.1.